The Morgan fingerprint density at radius 3 is 2.68 bits per heavy atom. The van der Waals surface area contributed by atoms with Crippen LogP contribution in [0.25, 0.3) is 10.9 Å². The minimum Gasteiger partial charge on any atom is -0.358 e. The largest absolute Gasteiger partial charge is 0.358 e. The van der Waals surface area contributed by atoms with Crippen LogP contribution in [0, 0.1) is 18.3 Å². The van der Waals surface area contributed by atoms with Crippen molar-refractivity contribution in [3.05, 3.63) is 40.8 Å². The van der Waals surface area contributed by atoms with Gasteiger partial charge >= 0.3 is 0 Å². The number of hydrogen-bond acceptors (Lipinski definition) is 3. The van der Waals surface area contributed by atoms with Gasteiger partial charge in [-0.15, -0.1) is 0 Å². The summed E-state index contributed by atoms with van der Waals surface area (Å²) in [7, 11) is -1.23. The number of nitriles is 1. The summed E-state index contributed by atoms with van der Waals surface area (Å²) in [5.74, 6) is 3.77. The summed E-state index contributed by atoms with van der Waals surface area (Å²) in [6, 6.07) is 5.80. The molecule has 132 valence electrons. The molecule has 8 heteroatoms. The molecule has 0 radical (unpaired) electrons. The average Bonchev–Trinajstić information content (AvgIpc) is 3.17. The Morgan fingerprint density at radius 2 is 2.12 bits per heavy atom. The van der Waals surface area contributed by atoms with Gasteiger partial charge in [-0.3, -0.25) is 4.68 Å². The van der Waals surface area contributed by atoms with E-state index in [0.29, 0.717) is 21.7 Å². The smallest absolute Gasteiger partial charge is 0.144 e. The molecule has 0 aliphatic heterocycles. The number of aromatic amines is 1. The zero-order valence-electron chi connectivity index (χ0n) is 14.6. The monoisotopic (exact) mass is 377 g/mol. The topological polar surface area (TPSA) is 86.5 Å². The summed E-state index contributed by atoms with van der Waals surface area (Å²) in [5, 5.41) is 14.3. The van der Waals surface area contributed by atoms with Crippen LogP contribution in [0.15, 0.2) is 29.4 Å². The Morgan fingerprint density at radius 1 is 1.44 bits per heavy atom. The summed E-state index contributed by atoms with van der Waals surface area (Å²) >= 11 is 6.12. The minimum absolute atomic E-state index is 0.269. The Bertz CT molecular complexity index is 1060. The number of halogens is 1. The molecule has 3 aromatic rings. The van der Waals surface area contributed by atoms with E-state index >= 15 is 0 Å². The summed E-state index contributed by atoms with van der Waals surface area (Å²) < 4.78 is 17.3. The van der Waals surface area contributed by atoms with Crippen molar-refractivity contribution in [2.75, 3.05) is 4.72 Å². The fourth-order valence-electron chi connectivity index (χ4n) is 2.45. The zero-order valence-corrected chi connectivity index (χ0v) is 16.1. The number of aryl methyl sites for hydroxylation is 2. The van der Waals surface area contributed by atoms with Crippen molar-refractivity contribution in [3.63, 3.8) is 0 Å². The highest BCUT2D eigenvalue weighted by atomic mass is 35.5. The second-order valence-electron chi connectivity index (χ2n) is 5.19. The van der Waals surface area contributed by atoms with Gasteiger partial charge in [-0.2, -0.15) is 10.4 Å². The maximum Gasteiger partial charge on any atom is 0.144 e. The lowest BCUT2D eigenvalue weighted by Gasteiger charge is -2.13. The number of benzene rings is 1. The molecule has 2 aromatic heterocycles. The number of H-pyrrole nitrogens is 1. The van der Waals surface area contributed by atoms with Crippen molar-refractivity contribution in [1.82, 2.24) is 14.8 Å². The number of anilines is 1. The number of aromatic nitrogens is 3. The molecule has 0 fully saturated rings. The van der Waals surface area contributed by atoms with E-state index in [0.717, 1.165) is 10.9 Å². The molecule has 0 saturated carbocycles. The Labute approximate surface area is 152 Å². The quantitative estimate of drug-likeness (QED) is 0.679. The van der Waals surface area contributed by atoms with E-state index in [2.05, 4.69) is 26.7 Å². The van der Waals surface area contributed by atoms with Crippen molar-refractivity contribution in [2.45, 2.75) is 25.7 Å². The maximum absolute atomic E-state index is 13.0. The third kappa shape index (κ3) is 3.36. The van der Waals surface area contributed by atoms with Crippen LogP contribution in [-0.4, -0.2) is 24.8 Å². The van der Waals surface area contributed by atoms with Crippen molar-refractivity contribution in [2.24, 2.45) is 7.05 Å². The standard InChI is InChI=1S/C15H14ClN5OS.C2H6/c1-9-4-5-11(14-13(9)10(6-17)7-18-14)20-23(3,22)12-8-19-21(2)15(12)16;1-2/h4-5,7-8,18H,3H2,1-2H3,(H,20,22);1-2H3. The molecule has 25 heavy (non-hydrogen) atoms. The van der Waals surface area contributed by atoms with E-state index in [9.17, 15) is 9.47 Å². The molecule has 1 atom stereocenters. The van der Waals surface area contributed by atoms with Crippen LogP contribution in [0.2, 0.25) is 5.15 Å². The molecule has 0 spiro atoms. The second kappa shape index (κ2) is 7.21. The van der Waals surface area contributed by atoms with Crippen molar-refractivity contribution in [1.29, 1.82) is 5.26 Å². The predicted octanol–water partition coefficient (Wildman–Crippen LogP) is 3.86. The lowest BCUT2D eigenvalue weighted by Crippen LogP contribution is -2.13. The molecule has 0 amide bonds. The average molecular weight is 378 g/mol. The fourth-order valence-corrected chi connectivity index (χ4v) is 4.17. The van der Waals surface area contributed by atoms with Gasteiger partial charge in [0.1, 0.15) is 16.1 Å². The fraction of sp³-hybridized carbons (Fsp3) is 0.235. The van der Waals surface area contributed by atoms with Crippen LogP contribution in [-0.2, 0) is 16.8 Å². The summed E-state index contributed by atoms with van der Waals surface area (Å²) in [6.07, 6.45) is 3.07. The van der Waals surface area contributed by atoms with E-state index in [4.69, 9.17) is 11.6 Å². The highest BCUT2D eigenvalue weighted by Crippen LogP contribution is 2.31. The third-order valence-corrected chi connectivity index (χ3v) is 5.75. The van der Waals surface area contributed by atoms with Gasteiger partial charge < -0.3 is 9.71 Å². The van der Waals surface area contributed by atoms with E-state index < -0.39 is 9.71 Å². The maximum atomic E-state index is 13.0. The molecule has 1 unspecified atom stereocenters. The third-order valence-electron chi connectivity index (χ3n) is 3.63. The Hall–Kier alpha value is -2.43. The van der Waals surface area contributed by atoms with Crippen molar-refractivity contribution in [3.8, 4) is 6.07 Å². The SMILES string of the molecule is C=S(=O)(Nc1ccc(C)c2c(C#N)c[nH]c12)c1cnn(C)c1Cl.CC. The number of rotatable bonds is 3. The number of nitrogens with zero attached hydrogens (tertiary/aromatic N) is 3. The first-order valence-corrected chi connectivity index (χ1v) is 9.79. The molecule has 0 aliphatic carbocycles. The van der Waals surface area contributed by atoms with Gasteiger partial charge in [-0.25, -0.2) is 4.21 Å². The van der Waals surface area contributed by atoms with Crippen molar-refractivity contribution < 1.29 is 4.21 Å². The molecule has 1 aromatic carbocycles. The number of hydrogen-bond donors (Lipinski definition) is 2. The highest BCUT2D eigenvalue weighted by Gasteiger charge is 2.18. The van der Waals surface area contributed by atoms with Crippen LogP contribution in [0.3, 0.4) is 0 Å². The minimum atomic E-state index is -2.89. The van der Waals surface area contributed by atoms with Crippen molar-refractivity contribution >= 4 is 43.8 Å². The molecule has 0 saturated heterocycles. The molecule has 2 heterocycles. The Balaban J connectivity index is 0.00000109. The highest BCUT2D eigenvalue weighted by molar-refractivity contribution is 8.01. The number of nitrogens with one attached hydrogen (secondary N) is 2. The molecule has 0 bridgehead atoms. The van der Waals surface area contributed by atoms with Gasteiger partial charge in [-0.1, -0.05) is 31.5 Å². The lowest BCUT2D eigenvalue weighted by atomic mass is 10.1. The van der Waals surface area contributed by atoms with Crippen LogP contribution in [0.1, 0.15) is 25.0 Å². The molecule has 2 N–H and O–H groups in total. The normalized spacial score (nSPS) is 12.8. The van der Waals surface area contributed by atoms with E-state index in [1.807, 2.05) is 26.8 Å². The summed E-state index contributed by atoms with van der Waals surface area (Å²) in [5.41, 5.74) is 2.79. The summed E-state index contributed by atoms with van der Waals surface area (Å²) in [4.78, 5) is 3.39. The van der Waals surface area contributed by atoms with Gasteiger partial charge in [0.15, 0.2) is 0 Å². The first-order chi connectivity index (χ1) is 11.8. The van der Waals surface area contributed by atoms with E-state index in [-0.39, 0.29) is 5.15 Å². The molecular weight excluding hydrogens is 358 g/mol. The molecular formula is C17H20ClN5OS. The number of fused-ring (bicyclic) bond motifs is 1. The van der Waals surface area contributed by atoms with Crippen LogP contribution in [0.4, 0.5) is 5.69 Å². The summed E-state index contributed by atoms with van der Waals surface area (Å²) in [6.45, 7) is 5.92. The molecule has 6 nitrogen and oxygen atoms in total. The van der Waals surface area contributed by atoms with Crippen LogP contribution >= 0.6 is 11.6 Å². The zero-order chi connectivity index (χ0) is 18.8. The molecule has 0 aliphatic rings. The molecule has 3 rings (SSSR count). The van der Waals surface area contributed by atoms with E-state index in [1.54, 1.807) is 19.3 Å². The lowest BCUT2D eigenvalue weighted by molar-refractivity contribution is 0.684. The van der Waals surface area contributed by atoms with Gasteiger partial charge in [0.2, 0.25) is 0 Å². The second-order valence-corrected chi connectivity index (χ2v) is 7.55. The van der Waals surface area contributed by atoms with Crippen LogP contribution in [0.5, 0.6) is 0 Å². The first kappa shape index (κ1) is 18.9. The Kier molecular flexibility index (Phi) is 5.45. The van der Waals surface area contributed by atoms with Gasteiger partial charge in [0, 0.05) is 18.6 Å². The van der Waals surface area contributed by atoms with Gasteiger partial charge in [0.05, 0.1) is 32.7 Å². The predicted molar refractivity (Wildman–Crippen MR) is 104 cm³/mol. The van der Waals surface area contributed by atoms with Gasteiger partial charge in [-0.05, 0) is 24.4 Å². The first-order valence-electron chi connectivity index (χ1n) is 7.68. The van der Waals surface area contributed by atoms with Gasteiger partial charge in [0.25, 0.3) is 0 Å². The van der Waals surface area contributed by atoms with Crippen LogP contribution < -0.4 is 4.72 Å². The van der Waals surface area contributed by atoms with E-state index in [1.165, 1.54) is 10.9 Å².